The van der Waals surface area contributed by atoms with Crippen molar-refractivity contribution in [2.45, 2.75) is 38.5 Å². The molecule has 7 nitrogen and oxygen atoms in total. The highest BCUT2D eigenvalue weighted by Crippen LogP contribution is 2.18. The number of aromatic nitrogens is 2. The van der Waals surface area contributed by atoms with E-state index in [4.69, 9.17) is 4.74 Å². The summed E-state index contributed by atoms with van der Waals surface area (Å²) in [5.74, 6) is -0.328. The summed E-state index contributed by atoms with van der Waals surface area (Å²) in [7, 11) is 0. The molecule has 25 heavy (non-hydrogen) atoms. The number of rotatable bonds is 7. The molecule has 0 bridgehead atoms. The third-order valence-electron chi connectivity index (χ3n) is 3.71. The van der Waals surface area contributed by atoms with Crippen LogP contribution in [0.15, 0.2) is 29.4 Å². The summed E-state index contributed by atoms with van der Waals surface area (Å²) in [6, 6.07) is 5.93. The molecule has 2 aromatic rings. The minimum Gasteiger partial charge on any atom is -0.461 e. The van der Waals surface area contributed by atoms with Crippen LogP contribution in [-0.2, 0) is 22.6 Å². The first-order valence-electron chi connectivity index (χ1n) is 7.67. The zero-order chi connectivity index (χ0) is 18.4. The van der Waals surface area contributed by atoms with Crippen LogP contribution in [0.4, 0.5) is 5.69 Å². The fraction of sp³-hybridized carbons (Fsp3) is 0.353. The zero-order valence-electron chi connectivity index (χ0n) is 14.3. The number of carbonyl (C=O) groups excluding carboxylic acids is 1. The smallest absolute Gasteiger partial charge is 0.306 e. The first kappa shape index (κ1) is 18.9. The lowest BCUT2D eigenvalue weighted by Gasteiger charge is -2.10. The van der Waals surface area contributed by atoms with Gasteiger partial charge in [-0.15, -0.1) is 0 Å². The largest absolute Gasteiger partial charge is 0.461 e. The Kier molecular flexibility index (Phi) is 6.46. The zero-order valence-corrected chi connectivity index (χ0v) is 15.1. The van der Waals surface area contributed by atoms with Gasteiger partial charge in [0.15, 0.2) is 5.16 Å². The maximum atomic E-state index is 11.9. The van der Waals surface area contributed by atoms with E-state index in [9.17, 15) is 14.9 Å². The van der Waals surface area contributed by atoms with Crippen molar-refractivity contribution in [1.82, 2.24) is 9.97 Å². The summed E-state index contributed by atoms with van der Waals surface area (Å²) < 4.78 is 5.22. The third kappa shape index (κ3) is 5.25. The summed E-state index contributed by atoms with van der Waals surface area (Å²) in [5.41, 5.74) is 3.43. The molecule has 0 atom stereocenters. The van der Waals surface area contributed by atoms with Gasteiger partial charge in [0.25, 0.3) is 5.69 Å². The number of hydrogen-bond acceptors (Lipinski definition) is 7. The number of aryl methyl sites for hydroxylation is 2. The number of nitro groups is 1. The highest BCUT2D eigenvalue weighted by Gasteiger charge is 2.12. The molecule has 0 radical (unpaired) electrons. The molecule has 132 valence electrons. The van der Waals surface area contributed by atoms with Gasteiger partial charge in [-0.3, -0.25) is 14.9 Å². The van der Waals surface area contributed by atoms with E-state index in [1.54, 1.807) is 12.1 Å². The second kappa shape index (κ2) is 8.57. The van der Waals surface area contributed by atoms with E-state index in [1.165, 1.54) is 23.9 Å². The van der Waals surface area contributed by atoms with Crippen molar-refractivity contribution in [2.24, 2.45) is 0 Å². The molecule has 0 aliphatic rings. The Labute approximate surface area is 150 Å². The molecule has 8 heteroatoms. The lowest BCUT2D eigenvalue weighted by molar-refractivity contribution is -0.384. The van der Waals surface area contributed by atoms with Crippen LogP contribution in [0.5, 0.6) is 0 Å². The Morgan fingerprint density at radius 2 is 1.80 bits per heavy atom. The number of hydrogen-bond donors (Lipinski definition) is 0. The standard InChI is InChI=1S/C17H19N3O4S/c1-11-15(12(2)19-17(18-11)25-3)8-9-16(21)24-10-13-4-6-14(7-5-13)20(22)23/h4-7H,8-10H2,1-3H3. The molecule has 0 saturated heterocycles. The van der Waals surface area contributed by atoms with Crippen LogP contribution < -0.4 is 0 Å². The molecule has 0 amide bonds. The molecule has 1 aromatic carbocycles. The van der Waals surface area contributed by atoms with Crippen LogP contribution in [0.3, 0.4) is 0 Å². The molecule has 1 heterocycles. The van der Waals surface area contributed by atoms with E-state index < -0.39 is 4.92 Å². The van der Waals surface area contributed by atoms with Gasteiger partial charge in [0.05, 0.1) is 4.92 Å². The number of non-ortho nitro benzene ring substituents is 1. The number of ether oxygens (including phenoxy) is 1. The van der Waals surface area contributed by atoms with Crippen molar-refractivity contribution >= 4 is 23.4 Å². The third-order valence-corrected chi connectivity index (χ3v) is 4.26. The van der Waals surface area contributed by atoms with Crippen molar-refractivity contribution in [3.05, 3.63) is 56.9 Å². The number of nitrogens with zero attached hydrogens (tertiary/aromatic N) is 3. The van der Waals surface area contributed by atoms with Crippen molar-refractivity contribution < 1.29 is 14.5 Å². The Hall–Kier alpha value is -2.48. The average molecular weight is 361 g/mol. The van der Waals surface area contributed by atoms with Gasteiger partial charge in [-0.25, -0.2) is 9.97 Å². The molecule has 0 aliphatic heterocycles. The monoisotopic (exact) mass is 361 g/mol. The van der Waals surface area contributed by atoms with Crippen LogP contribution in [0, 0.1) is 24.0 Å². The van der Waals surface area contributed by atoms with E-state index >= 15 is 0 Å². The Balaban J connectivity index is 1.88. The summed E-state index contributed by atoms with van der Waals surface area (Å²) in [5, 5.41) is 11.3. The van der Waals surface area contributed by atoms with Gasteiger partial charge in [0.1, 0.15) is 6.61 Å². The predicted octanol–water partition coefficient (Wildman–Crippen LogP) is 3.40. The van der Waals surface area contributed by atoms with Crippen LogP contribution in [0.2, 0.25) is 0 Å². The van der Waals surface area contributed by atoms with Gasteiger partial charge >= 0.3 is 5.97 Å². The van der Waals surface area contributed by atoms with Gasteiger partial charge in [-0.1, -0.05) is 11.8 Å². The molecule has 0 fully saturated rings. The highest BCUT2D eigenvalue weighted by atomic mass is 32.2. The average Bonchev–Trinajstić information content (AvgIpc) is 2.59. The predicted molar refractivity (Wildman–Crippen MR) is 94.5 cm³/mol. The number of thioether (sulfide) groups is 1. The van der Waals surface area contributed by atoms with Gasteiger partial charge in [0.2, 0.25) is 0 Å². The molecule has 0 unspecified atom stereocenters. The van der Waals surface area contributed by atoms with E-state index in [2.05, 4.69) is 9.97 Å². The fourth-order valence-electron chi connectivity index (χ4n) is 2.34. The summed E-state index contributed by atoms with van der Waals surface area (Å²) >= 11 is 1.48. The molecule has 2 rings (SSSR count). The van der Waals surface area contributed by atoms with E-state index in [-0.39, 0.29) is 24.7 Å². The number of esters is 1. The van der Waals surface area contributed by atoms with Crippen molar-refractivity contribution in [1.29, 1.82) is 0 Å². The number of benzene rings is 1. The van der Waals surface area contributed by atoms with Crippen molar-refractivity contribution in [3.63, 3.8) is 0 Å². The highest BCUT2D eigenvalue weighted by molar-refractivity contribution is 7.98. The van der Waals surface area contributed by atoms with E-state index in [0.29, 0.717) is 12.0 Å². The SMILES string of the molecule is CSc1nc(C)c(CCC(=O)OCc2ccc([N+](=O)[O-])cc2)c(C)n1. The minimum atomic E-state index is -0.467. The summed E-state index contributed by atoms with van der Waals surface area (Å²) in [6.07, 6.45) is 2.67. The van der Waals surface area contributed by atoms with E-state index in [0.717, 1.165) is 22.1 Å². The fourth-order valence-corrected chi connectivity index (χ4v) is 2.80. The van der Waals surface area contributed by atoms with Crippen LogP contribution in [0.25, 0.3) is 0 Å². The molecular weight excluding hydrogens is 342 g/mol. The van der Waals surface area contributed by atoms with Crippen LogP contribution in [0.1, 0.15) is 28.9 Å². The van der Waals surface area contributed by atoms with Gasteiger partial charge < -0.3 is 4.74 Å². The van der Waals surface area contributed by atoms with Crippen molar-refractivity contribution in [2.75, 3.05) is 6.26 Å². The second-order valence-electron chi connectivity index (χ2n) is 5.44. The van der Waals surface area contributed by atoms with Gasteiger partial charge in [0, 0.05) is 29.9 Å². The van der Waals surface area contributed by atoms with Gasteiger partial charge in [-0.2, -0.15) is 0 Å². The van der Waals surface area contributed by atoms with Crippen LogP contribution >= 0.6 is 11.8 Å². The van der Waals surface area contributed by atoms with E-state index in [1.807, 2.05) is 20.1 Å². The molecule has 0 saturated carbocycles. The quantitative estimate of drug-likeness (QED) is 0.245. The maximum absolute atomic E-state index is 11.9. The maximum Gasteiger partial charge on any atom is 0.306 e. The Morgan fingerprint density at radius 3 is 2.32 bits per heavy atom. The Bertz CT molecular complexity index is 755. The van der Waals surface area contributed by atoms with Gasteiger partial charge in [-0.05, 0) is 49.8 Å². The Morgan fingerprint density at radius 1 is 1.20 bits per heavy atom. The molecule has 0 aliphatic carbocycles. The first-order chi connectivity index (χ1) is 11.9. The summed E-state index contributed by atoms with van der Waals surface area (Å²) in [6.45, 7) is 3.91. The first-order valence-corrected chi connectivity index (χ1v) is 8.90. The molecule has 0 N–H and O–H groups in total. The topological polar surface area (TPSA) is 95.2 Å². The lowest BCUT2D eigenvalue weighted by atomic mass is 10.1. The van der Waals surface area contributed by atoms with Crippen molar-refractivity contribution in [3.8, 4) is 0 Å². The number of carbonyl (C=O) groups is 1. The minimum absolute atomic E-state index is 0.00900. The molecular formula is C17H19N3O4S. The lowest BCUT2D eigenvalue weighted by Crippen LogP contribution is -2.09. The number of nitro benzene ring substituents is 1. The van der Waals surface area contributed by atoms with Crippen LogP contribution in [-0.4, -0.2) is 27.1 Å². The summed E-state index contributed by atoms with van der Waals surface area (Å²) in [4.78, 5) is 30.9. The molecule has 0 spiro atoms. The molecule has 1 aromatic heterocycles. The second-order valence-corrected chi connectivity index (χ2v) is 6.22. The normalized spacial score (nSPS) is 10.5.